The van der Waals surface area contributed by atoms with Gasteiger partial charge >= 0.3 is 17.8 Å². The van der Waals surface area contributed by atoms with Gasteiger partial charge in [0.05, 0.1) is 23.9 Å². The monoisotopic (exact) mass is 367 g/mol. The number of fused-ring (bicyclic) bond motifs is 1. The second-order valence-corrected chi connectivity index (χ2v) is 6.02. The summed E-state index contributed by atoms with van der Waals surface area (Å²) in [6, 6.07) is 8.73. The number of imide groups is 3. The molecule has 0 bridgehead atoms. The first-order valence-corrected chi connectivity index (χ1v) is 8.14. The minimum absolute atomic E-state index is 0.167. The average Bonchev–Trinajstić information content (AvgIpc) is 3.32. The highest BCUT2D eigenvalue weighted by Gasteiger charge is 2.45. The van der Waals surface area contributed by atoms with E-state index >= 15 is 0 Å². The highest BCUT2D eigenvalue weighted by Crippen LogP contribution is 2.23. The molecule has 0 aliphatic carbocycles. The molecule has 1 aromatic carbocycles. The van der Waals surface area contributed by atoms with E-state index in [0.29, 0.717) is 5.76 Å². The van der Waals surface area contributed by atoms with Crippen LogP contribution in [0.5, 0.6) is 0 Å². The molecule has 136 valence electrons. The standard InChI is InChI=1S/C18H13N3O6/c22-14-12-5-1-2-6-13(12)15(23)19(14)7-8-20-16(24)17(25)21(18(20)26)10-11-4-3-9-27-11/h1-6,9H,7-8,10H2. The number of furan rings is 1. The Morgan fingerprint density at radius 2 is 1.26 bits per heavy atom. The zero-order valence-electron chi connectivity index (χ0n) is 14.0. The van der Waals surface area contributed by atoms with Gasteiger partial charge < -0.3 is 4.42 Å². The number of carbonyl (C=O) groups is 5. The second kappa shape index (κ2) is 6.20. The van der Waals surface area contributed by atoms with Gasteiger partial charge in [-0.3, -0.25) is 29.0 Å². The van der Waals surface area contributed by atoms with Crippen LogP contribution in [-0.2, 0) is 16.1 Å². The highest BCUT2D eigenvalue weighted by molar-refractivity contribution is 6.44. The first kappa shape index (κ1) is 16.7. The van der Waals surface area contributed by atoms with Gasteiger partial charge in [0.2, 0.25) is 0 Å². The molecule has 1 saturated heterocycles. The van der Waals surface area contributed by atoms with Crippen LogP contribution in [0.4, 0.5) is 4.79 Å². The van der Waals surface area contributed by atoms with E-state index in [2.05, 4.69) is 0 Å². The molecule has 2 aliphatic heterocycles. The number of benzene rings is 1. The summed E-state index contributed by atoms with van der Waals surface area (Å²) in [6.45, 7) is -0.616. The van der Waals surface area contributed by atoms with Crippen molar-refractivity contribution in [2.75, 3.05) is 13.1 Å². The topological polar surface area (TPSA) is 108 Å². The Labute approximate surface area is 152 Å². The number of urea groups is 1. The fourth-order valence-corrected chi connectivity index (χ4v) is 3.09. The van der Waals surface area contributed by atoms with Crippen LogP contribution in [-0.4, -0.2) is 57.4 Å². The zero-order valence-corrected chi connectivity index (χ0v) is 14.0. The van der Waals surface area contributed by atoms with Crippen molar-refractivity contribution in [1.82, 2.24) is 14.7 Å². The van der Waals surface area contributed by atoms with Crippen molar-refractivity contribution in [3.8, 4) is 0 Å². The smallest absolute Gasteiger partial charge is 0.334 e. The molecule has 0 spiro atoms. The van der Waals surface area contributed by atoms with E-state index in [1.807, 2.05) is 0 Å². The largest absolute Gasteiger partial charge is 0.467 e. The normalized spacial score (nSPS) is 16.7. The van der Waals surface area contributed by atoms with E-state index in [-0.39, 0.29) is 30.8 Å². The first-order valence-electron chi connectivity index (χ1n) is 8.14. The van der Waals surface area contributed by atoms with Crippen molar-refractivity contribution in [3.05, 3.63) is 59.5 Å². The summed E-state index contributed by atoms with van der Waals surface area (Å²) >= 11 is 0. The van der Waals surface area contributed by atoms with E-state index in [0.717, 1.165) is 14.7 Å². The van der Waals surface area contributed by atoms with Crippen molar-refractivity contribution >= 4 is 29.7 Å². The van der Waals surface area contributed by atoms with E-state index in [4.69, 9.17) is 4.42 Å². The quantitative estimate of drug-likeness (QED) is 0.441. The summed E-state index contributed by atoms with van der Waals surface area (Å²) in [6.07, 6.45) is 1.39. The third-order valence-corrected chi connectivity index (χ3v) is 4.45. The molecule has 6 amide bonds. The number of nitrogens with zero attached hydrogens (tertiary/aromatic N) is 3. The lowest BCUT2D eigenvalue weighted by molar-refractivity contribution is -0.143. The Morgan fingerprint density at radius 3 is 1.85 bits per heavy atom. The van der Waals surface area contributed by atoms with Gasteiger partial charge in [-0.1, -0.05) is 12.1 Å². The molecular weight excluding hydrogens is 354 g/mol. The van der Waals surface area contributed by atoms with Gasteiger partial charge in [0.15, 0.2) is 0 Å². The van der Waals surface area contributed by atoms with E-state index in [9.17, 15) is 24.0 Å². The van der Waals surface area contributed by atoms with E-state index in [1.54, 1.807) is 24.3 Å². The number of rotatable bonds is 5. The Kier molecular flexibility index (Phi) is 3.84. The molecular formula is C18H13N3O6. The molecule has 27 heavy (non-hydrogen) atoms. The van der Waals surface area contributed by atoms with Gasteiger partial charge in [-0.2, -0.15) is 0 Å². The molecule has 1 aromatic heterocycles. The summed E-state index contributed by atoms with van der Waals surface area (Å²) in [5.74, 6) is -2.60. The van der Waals surface area contributed by atoms with Crippen LogP contribution in [0.15, 0.2) is 47.1 Å². The Balaban J connectivity index is 1.46. The van der Waals surface area contributed by atoms with Crippen LogP contribution in [0.25, 0.3) is 0 Å². The maximum absolute atomic E-state index is 12.4. The summed E-state index contributed by atoms with van der Waals surface area (Å²) < 4.78 is 5.09. The van der Waals surface area contributed by atoms with Gasteiger partial charge in [-0.05, 0) is 24.3 Å². The lowest BCUT2D eigenvalue weighted by Crippen LogP contribution is -2.41. The first-order chi connectivity index (χ1) is 13.0. The lowest BCUT2D eigenvalue weighted by atomic mass is 10.1. The van der Waals surface area contributed by atoms with Crippen LogP contribution >= 0.6 is 0 Å². The molecule has 0 saturated carbocycles. The van der Waals surface area contributed by atoms with Gasteiger partial charge in [0.1, 0.15) is 5.76 Å². The molecule has 2 aromatic rings. The van der Waals surface area contributed by atoms with Crippen LogP contribution < -0.4 is 0 Å². The molecule has 1 fully saturated rings. The molecule has 9 heteroatoms. The van der Waals surface area contributed by atoms with Crippen LogP contribution in [0.3, 0.4) is 0 Å². The molecule has 9 nitrogen and oxygen atoms in total. The lowest BCUT2D eigenvalue weighted by Gasteiger charge is -2.18. The number of hydrogen-bond acceptors (Lipinski definition) is 6. The third kappa shape index (κ3) is 2.60. The Morgan fingerprint density at radius 1 is 0.667 bits per heavy atom. The number of carbonyl (C=O) groups excluding carboxylic acids is 5. The molecule has 0 N–H and O–H groups in total. The van der Waals surface area contributed by atoms with Gasteiger partial charge in [0.25, 0.3) is 11.8 Å². The van der Waals surface area contributed by atoms with Gasteiger partial charge in [-0.15, -0.1) is 0 Å². The average molecular weight is 367 g/mol. The molecule has 0 radical (unpaired) electrons. The van der Waals surface area contributed by atoms with Crippen molar-refractivity contribution < 1.29 is 28.4 Å². The van der Waals surface area contributed by atoms with Gasteiger partial charge in [-0.25, -0.2) is 9.69 Å². The zero-order chi connectivity index (χ0) is 19.1. The highest BCUT2D eigenvalue weighted by atomic mass is 16.3. The SMILES string of the molecule is O=C1C(=O)N(Cc2ccco2)C(=O)N1CCN1C(=O)c2ccccc2C1=O. The Hall–Kier alpha value is -3.75. The maximum Gasteiger partial charge on any atom is 0.334 e. The van der Waals surface area contributed by atoms with E-state index in [1.165, 1.54) is 18.4 Å². The molecule has 2 aliphatic rings. The third-order valence-electron chi connectivity index (χ3n) is 4.45. The van der Waals surface area contributed by atoms with Crippen LogP contribution in [0.1, 0.15) is 26.5 Å². The molecule has 0 atom stereocenters. The fraction of sp³-hybridized carbons (Fsp3) is 0.167. The minimum Gasteiger partial charge on any atom is -0.467 e. The van der Waals surface area contributed by atoms with Crippen LogP contribution in [0.2, 0.25) is 0 Å². The van der Waals surface area contributed by atoms with Crippen molar-refractivity contribution in [2.24, 2.45) is 0 Å². The number of hydrogen-bond donors (Lipinski definition) is 0. The fourth-order valence-electron chi connectivity index (χ4n) is 3.09. The van der Waals surface area contributed by atoms with Gasteiger partial charge in [0, 0.05) is 13.1 Å². The van der Waals surface area contributed by atoms with Crippen molar-refractivity contribution in [3.63, 3.8) is 0 Å². The maximum atomic E-state index is 12.4. The predicted molar refractivity (Wildman–Crippen MR) is 88.2 cm³/mol. The van der Waals surface area contributed by atoms with Crippen molar-refractivity contribution in [2.45, 2.75) is 6.54 Å². The second-order valence-electron chi connectivity index (χ2n) is 6.02. The number of amides is 6. The predicted octanol–water partition coefficient (Wildman–Crippen LogP) is 0.867. The van der Waals surface area contributed by atoms with Crippen molar-refractivity contribution in [1.29, 1.82) is 0 Å². The molecule has 3 heterocycles. The summed E-state index contributed by atoms with van der Waals surface area (Å²) in [5.41, 5.74) is 0.550. The van der Waals surface area contributed by atoms with E-state index < -0.39 is 29.7 Å². The Bertz CT molecular complexity index is 946. The summed E-state index contributed by atoms with van der Waals surface area (Å²) in [4.78, 5) is 63.8. The minimum atomic E-state index is -0.997. The summed E-state index contributed by atoms with van der Waals surface area (Å²) in [5, 5.41) is 0. The summed E-state index contributed by atoms with van der Waals surface area (Å²) in [7, 11) is 0. The molecule has 4 rings (SSSR count). The van der Waals surface area contributed by atoms with Crippen LogP contribution in [0, 0.1) is 0 Å². The molecule has 0 unspecified atom stereocenters.